The van der Waals surface area contributed by atoms with Crippen LogP contribution < -0.4 is 0 Å². The first-order chi connectivity index (χ1) is 13.6. The molecule has 8 nitrogen and oxygen atoms in total. The summed E-state index contributed by atoms with van der Waals surface area (Å²) < 4.78 is 16.1. The predicted molar refractivity (Wildman–Crippen MR) is 103 cm³/mol. The molecule has 0 bridgehead atoms. The summed E-state index contributed by atoms with van der Waals surface area (Å²) in [5.41, 5.74) is -0.928. The quantitative estimate of drug-likeness (QED) is 0.536. The average molecular weight is 409 g/mol. The van der Waals surface area contributed by atoms with Crippen LogP contribution in [0.4, 0.5) is 0 Å². The van der Waals surface area contributed by atoms with E-state index in [-0.39, 0.29) is 43.1 Å². The number of esters is 3. The number of carbonyl (C=O) groups is 3. The molecule has 0 unspecified atom stereocenters. The molecular formula is C21H31NO7. The monoisotopic (exact) mass is 409 g/mol. The summed E-state index contributed by atoms with van der Waals surface area (Å²) in [6.07, 6.45) is 3.03. The summed E-state index contributed by atoms with van der Waals surface area (Å²) in [6, 6.07) is -0.178. The molecule has 0 aromatic carbocycles. The van der Waals surface area contributed by atoms with E-state index < -0.39 is 23.5 Å². The second kappa shape index (κ2) is 8.44. The molecule has 0 amide bonds. The van der Waals surface area contributed by atoms with Crippen LogP contribution in [-0.4, -0.2) is 72.0 Å². The van der Waals surface area contributed by atoms with Gasteiger partial charge in [-0.3, -0.25) is 9.69 Å². The van der Waals surface area contributed by atoms with Gasteiger partial charge in [0.2, 0.25) is 0 Å². The van der Waals surface area contributed by atoms with Crippen molar-refractivity contribution in [2.45, 2.75) is 70.2 Å². The summed E-state index contributed by atoms with van der Waals surface area (Å²) in [5.74, 6) is -1.89. The van der Waals surface area contributed by atoms with Crippen LogP contribution in [0, 0.1) is 11.8 Å². The van der Waals surface area contributed by atoms with E-state index in [0.29, 0.717) is 25.8 Å². The van der Waals surface area contributed by atoms with Crippen molar-refractivity contribution in [3.8, 4) is 0 Å². The van der Waals surface area contributed by atoms with Gasteiger partial charge in [0.25, 0.3) is 0 Å². The molecule has 0 aromatic rings. The molecule has 3 aliphatic rings. The number of rotatable bonds is 2. The third-order valence-electron chi connectivity index (χ3n) is 6.65. The minimum Gasteiger partial charge on any atom is -0.469 e. The molecule has 0 radical (unpaired) electrons. The Morgan fingerprint density at radius 3 is 2.83 bits per heavy atom. The lowest BCUT2D eigenvalue weighted by Gasteiger charge is -2.29. The maximum absolute atomic E-state index is 12.6. The van der Waals surface area contributed by atoms with Crippen LogP contribution in [-0.2, 0) is 28.6 Å². The molecule has 2 fully saturated rings. The van der Waals surface area contributed by atoms with Gasteiger partial charge in [-0.2, -0.15) is 0 Å². The van der Waals surface area contributed by atoms with Crippen molar-refractivity contribution in [2.75, 3.05) is 20.3 Å². The zero-order valence-electron chi connectivity index (χ0n) is 17.6. The molecule has 0 spiro atoms. The first-order valence-corrected chi connectivity index (χ1v) is 10.2. The van der Waals surface area contributed by atoms with Gasteiger partial charge in [-0.05, 0) is 39.0 Å². The molecule has 0 aliphatic carbocycles. The highest BCUT2D eigenvalue weighted by Gasteiger charge is 2.51. The average Bonchev–Trinajstić information content (AvgIpc) is 3.20. The molecule has 3 rings (SSSR count). The van der Waals surface area contributed by atoms with E-state index in [1.54, 1.807) is 13.8 Å². The lowest BCUT2D eigenvalue weighted by atomic mass is 9.85. The Kier molecular flexibility index (Phi) is 6.33. The zero-order valence-corrected chi connectivity index (χ0v) is 17.6. The minimum atomic E-state index is -1.66. The van der Waals surface area contributed by atoms with Crippen molar-refractivity contribution in [1.29, 1.82) is 0 Å². The number of hydrogen-bond acceptors (Lipinski definition) is 8. The van der Waals surface area contributed by atoms with Gasteiger partial charge in [-0.25, -0.2) is 9.59 Å². The van der Waals surface area contributed by atoms with E-state index in [9.17, 15) is 19.5 Å². The number of ether oxygens (including phenoxy) is 3. The van der Waals surface area contributed by atoms with Gasteiger partial charge in [-0.1, -0.05) is 12.5 Å². The Hall–Kier alpha value is -1.93. The lowest BCUT2D eigenvalue weighted by molar-refractivity contribution is -0.171. The SMILES string of the molecule is COC(=O)C[C@H]1C[C@@H]2COC(=O)[C@](C)(O)[C@H](C)C/C(C)=C\C(=O)O[C@@H]3CCN1[C@H]23. The normalized spacial score (nSPS) is 40.4. The number of cyclic esters (lactones) is 1. The molecule has 0 aromatic heterocycles. The van der Waals surface area contributed by atoms with Gasteiger partial charge in [0.1, 0.15) is 6.10 Å². The fourth-order valence-corrected chi connectivity index (χ4v) is 4.86. The van der Waals surface area contributed by atoms with Crippen molar-refractivity contribution in [3.05, 3.63) is 11.6 Å². The molecule has 6 atom stereocenters. The number of carbonyl (C=O) groups excluding carboxylic acids is 3. The molecule has 2 saturated heterocycles. The van der Waals surface area contributed by atoms with Crippen LogP contribution in [0.5, 0.6) is 0 Å². The van der Waals surface area contributed by atoms with Gasteiger partial charge in [0.05, 0.1) is 26.2 Å². The minimum absolute atomic E-state index is 0.0514. The standard InChI is InChI=1S/C21H31NO7/c1-12-7-13(2)21(3,26)20(25)28-11-14-9-15(10-17(23)27-4)22-6-5-16(19(14)22)29-18(24)8-12/h8,13-16,19,26H,5-7,9-11H2,1-4H3/b12-8-/t13-,14-,15-,16-,19-,21-/m1/s1. The van der Waals surface area contributed by atoms with Crippen LogP contribution in [0.3, 0.4) is 0 Å². The Morgan fingerprint density at radius 2 is 2.14 bits per heavy atom. The topological polar surface area (TPSA) is 102 Å². The Labute approximate surface area is 171 Å². The van der Waals surface area contributed by atoms with Crippen molar-refractivity contribution in [1.82, 2.24) is 4.90 Å². The maximum Gasteiger partial charge on any atom is 0.338 e. The maximum atomic E-state index is 12.6. The van der Waals surface area contributed by atoms with Crippen LogP contribution in [0.15, 0.2) is 11.6 Å². The fourth-order valence-electron chi connectivity index (χ4n) is 4.86. The Bertz CT molecular complexity index is 701. The van der Waals surface area contributed by atoms with E-state index in [0.717, 1.165) is 5.57 Å². The molecule has 3 aliphatic heterocycles. The number of hydrogen-bond donors (Lipinski definition) is 1. The second-order valence-corrected chi connectivity index (χ2v) is 8.76. The number of allylic oxidation sites excluding steroid dienone is 1. The molecule has 0 saturated carbocycles. The first kappa shape index (κ1) is 21.8. The zero-order chi connectivity index (χ0) is 21.3. The molecular weight excluding hydrogens is 378 g/mol. The van der Waals surface area contributed by atoms with E-state index in [1.165, 1.54) is 20.1 Å². The number of aliphatic hydroxyl groups is 1. The van der Waals surface area contributed by atoms with Gasteiger partial charge in [0.15, 0.2) is 5.60 Å². The van der Waals surface area contributed by atoms with E-state index in [4.69, 9.17) is 14.2 Å². The summed E-state index contributed by atoms with van der Waals surface area (Å²) in [7, 11) is 1.36. The Balaban J connectivity index is 1.87. The summed E-state index contributed by atoms with van der Waals surface area (Å²) in [4.78, 5) is 39.1. The fraction of sp³-hybridized carbons (Fsp3) is 0.762. The lowest BCUT2D eigenvalue weighted by Crippen LogP contribution is -2.44. The molecule has 29 heavy (non-hydrogen) atoms. The highest BCUT2D eigenvalue weighted by Crippen LogP contribution is 2.40. The summed E-state index contributed by atoms with van der Waals surface area (Å²) in [6.45, 7) is 5.80. The highest BCUT2D eigenvalue weighted by molar-refractivity contribution is 5.83. The third-order valence-corrected chi connectivity index (χ3v) is 6.65. The first-order valence-electron chi connectivity index (χ1n) is 10.2. The van der Waals surface area contributed by atoms with Crippen molar-refractivity contribution >= 4 is 17.9 Å². The van der Waals surface area contributed by atoms with Crippen molar-refractivity contribution < 1.29 is 33.7 Å². The van der Waals surface area contributed by atoms with Gasteiger partial charge >= 0.3 is 17.9 Å². The highest BCUT2D eigenvalue weighted by atomic mass is 16.6. The smallest absolute Gasteiger partial charge is 0.338 e. The summed E-state index contributed by atoms with van der Waals surface area (Å²) in [5, 5.41) is 10.7. The van der Waals surface area contributed by atoms with E-state index in [1.807, 2.05) is 0 Å². The molecule has 162 valence electrons. The van der Waals surface area contributed by atoms with E-state index >= 15 is 0 Å². The number of methoxy groups -OCH3 is 1. The predicted octanol–water partition coefficient (Wildman–Crippen LogP) is 1.20. The molecule has 3 heterocycles. The van der Waals surface area contributed by atoms with E-state index in [2.05, 4.69) is 4.90 Å². The van der Waals surface area contributed by atoms with Gasteiger partial charge in [-0.15, -0.1) is 0 Å². The third kappa shape index (κ3) is 4.48. The van der Waals surface area contributed by atoms with Gasteiger partial charge < -0.3 is 19.3 Å². The number of nitrogens with zero attached hydrogens (tertiary/aromatic N) is 1. The van der Waals surface area contributed by atoms with Crippen LogP contribution in [0.25, 0.3) is 0 Å². The van der Waals surface area contributed by atoms with Crippen LogP contribution >= 0.6 is 0 Å². The second-order valence-electron chi connectivity index (χ2n) is 8.76. The Morgan fingerprint density at radius 1 is 1.41 bits per heavy atom. The van der Waals surface area contributed by atoms with Crippen LogP contribution in [0.2, 0.25) is 0 Å². The molecule has 1 N–H and O–H groups in total. The molecule has 8 heteroatoms. The largest absolute Gasteiger partial charge is 0.469 e. The summed E-state index contributed by atoms with van der Waals surface area (Å²) >= 11 is 0. The van der Waals surface area contributed by atoms with Gasteiger partial charge in [0, 0.05) is 24.6 Å². The van der Waals surface area contributed by atoms with Crippen molar-refractivity contribution in [3.63, 3.8) is 0 Å². The van der Waals surface area contributed by atoms with Crippen LogP contribution in [0.1, 0.15) is 46.5 Å². The van der Waals surface area contributed by atoms with Crippen molar-refractivity contribution in [2.24, 2.45) is 11.8 Å².